The van der Waals surface area contributed by atoms with Crippen LogP contribution in [0.25, 0.3) is 5.65 Å². The third kappa shape index (κ3) is 2.10. The molecule has 0 saturated carbocycles. The predicted octanol–water partition coefficient (Wildman–Crippen LogP) is 0.158. The van der Waals surface area contributed by atoms with Crippen LogP contribution in [0.3, 0.4) is 0 Å². The Balaban J connectivity index is 2.34. The van der Waals surface area contributed by atoms with E-state index in [2.05, 4.69) is 21.3 Å². The number of nitriles is 1. The van der Waals surface area contributed by atoms with Crippen molar-refractivity contribution in [2.24, 2.45) is 0 Å². The van der Waals surface area contributed by atoms with E-state index in [-0.39, 0.29) is 5.69 Å². The lowest BCUT2D eigenvalue weighted by atomic mass is 10.4. The fraction of sp³-hybridized carbons (Fsp3) is 0.400. The van der Waals surface area contributed by atoms with Crippen molar-refractivity contribution in [1.82, 2.24) is 19.6 Å². The Morgan fingerprint density at radius 1 is 1.65 bits per heavy atom. The molecule has 0 fully saturated rings. The van der Waals surface area contributed by atoms with Gasteiger partial charge in [0.05, 0.1) is 12.5 Å². The van der Waals surface area contributed by atoms with Gasteiger partial charge in [-0.25, -0.2) is 19.3 Å². The molecular weight excluding hydrogens is 220 g/mol. The minimum Gasteiger partial charge on any atom is -0.356 e. The fourth-order valence-electron chi connectivity index (χ4n) is 1.59. The molecule has 2 rings (SSSR count). The highest BCUT2D eigenvalue weighted by molar-refractivity contribution is 5.50. The van der Waals surface area contributed by atoms with Crippen molar-refractivity contribution in [3.05, 3.63) is 22.9 Å². The number of nitrogens with zero attached hydrogens (tertiary/aromatic N) is 5. The highest BCUT2D eigenvalue weighted by Gasteiger charge is 2.08. The largest absolute Gasteiger partial charge is 0.356 e. The minimum absolute atomic E-state index is 0.306. The van der Waals surface area contributed by atoms with Gasteiger partial charge in [0.2, 0.25) is 0 Å². The lowest BCUT2D eigenvalue weighted by Crippen LogP contribution is -2.25. The van der Waals surface area contributed by atoms with E-state index in [9.17, 15) is 4.79 Å². The Morgan fingerprint density at radius 3 is 3.18 bits per heavy atom. The molecule has 2 aromatic heterocycles. The zero-order valence-electron chi connectivity index (χ0n) is 9.42. The van der Waals surface area contributed by atoms with Crippen molar-refractivity contribution in [2.45, 2.75) is 13.3 Å². The molecule has 17 heavy (non-hydrogen) atoms. The van der Waals surface area contributed by atoms with Crippen molar-refractivity contribution in [2.75, 3.05) is 18.0 Å². The molecule has 7 nitrogen and oxygen atoms in total. The van der Waals surface area contributed by atoms with Crippen LogP contribution in [0.2, 0.25) is 0 Å². The van der Waals surface area contributed by atoms with Gasteiger partial charge in [-0.3, -0.25) is 0 Å². The summed E-state index contributed by atoms with van der Waals surface area (Å²) in [5, 5.41) is 14.8. The molecule has 0 unspecified atom stereocenters. The number of hydrogen-bond donors (Lipinski definition) is 1. The van der Waals surface area contributed by atoms with Gasteiger partial charge in [-0.05, 0) is 6.92 Å². The summed E-state index contributed by atoms with van der Waals surface area (Å²) in [4.78, 5) is 17.4. The van der Waals surface area contributed by atoms with E-state index in [0.717, 1.165) is 6.54 Å². The third-order valence-corrected chi connectivity index (χ3v) is 2.49. The Bertz CT molecular complexity index is 607. The lowest BCUT2D eigenvalue weighted by Gasteiger charge is -2.19. The van der Waals surface area contributed by atoms with Crippen LogP contribution < -0.4 is 10.6 Å². The van der Waals surface area contributed by atoms with Gasteiger partial charge in [0.25, 0.3) is 0 Å². The minimum atomic E-state index is -0.306. The van der Waals surface area contributed by atoms with Crippen molar-refractivity contribution in [1.29, 1.82) is 5.26 Å². The van der Waals surface area contributed by atoms with Gasteiger partial charge in [-0.1, -0.05) is 0 Å². The molecule has 0 radical (unpaired) electrons. The molecule has 0 aromatic carbocycles. The molecule has 2 heterocycles. The summed E-state index contributed by atoms with van der Waals surface area (Å²) in [6.45, 7) is 3.35. The third-order valence-electron chi connectivity index (χ3n) is 2.49. The molecule has 0 aliphatic heterocycles. The molecule has 0 bridgehead atoms. The van der Waals surface area contributed by atoms with Gasteiger partial charge in [0.15, 0.2) is 5.65 Å². The number of anilines is 1. The summed E-state index contributed by atoms with van der Waals surface area (Å²) in [7, 11) is 0. The molecule has 1 N–H and O–H groups in total. The first-order valence-electron chi connectivity index (χ1n) is 5.31. The summed E-state index contributed by atoms with van der Waals surface area (Å²) in [5.74, 6) is 0.717. The normalized spacial score (nSPS) is 10.4. The van der Waals surface area contributed by atoms with Gasteiger partial charge in [-0.2, -0.15) is 10.4 Å². The molecule has 88 valence electrons. The molecule has 0 atom stereocenters. The van der Waals surface area contributed by atoms with Crippen molar-refractivity contribution >= 4 is 11.5 Å². The smallest absolute Gasteiger partial charge is 0.348 e. The number of nitrogens with one attached hydrogen (secondary N) is 1. The van der Waals surface area contributed by atoms with E-state index in [4.69, 9.17) is 5.26 Å². The molecule has 2 aromatic rings. The highest BCUT2D eigenvalue weighted by atomic mass is 16.1. The number of hydrogen-bond acceptors (Lipinski definition) is 5. The second-order valence-electron chi connectivity index (χ2n) is 3.49. The SMILES string of the molecule is CCN(CCC#N)c1cc2n[nH]c(=O)n2cn1. The summed E-state index contributed by atoms with van der Waals surface area (Å²) < 4.78 is 1.33. The Labute approximate surface area is 97.3 Å². The maximum Gasteiger partial charge on any atom is 0.348 e. The molecular formula is C10H12N6O. The quantitative estimate of drug-likeness (QED) is 0.810. The van der Waals surface area contributed by atoms with Gasteiger partial charge < -0.3 is 4.90 Å². The second-order valence-corrected chi connectivity index (χ2v) is 3.49. The number of H-pyrrole nitrogens is 1. The van der Waals surface area contributed by atoms with Gasteiger partial charge in [-0.15, -0.1) is 0 Å². The monoisotopic (exact) mass is 232 g/mol. The molecule has 7 heteroatoms. The molecule has 0 aliphatic carbocycles. The van der Waals surface area contributed by atoms with E-state index in [1.54, 1.807) is 6.07 Å². The van der Waals surface area contributed by atoms with Crippen LogP contribution in [-0.2, 0) is 0 Å². The van der Waals surface area contributed by atoms with Gasteiger partial charge in [0, 0.05) is 19.2 Å². The van der Waals surface area contributed by atoms with Crippen molar-refractivity contribution in [3.8, 4) is 6.07 Å². The van der Waals surface area contributed by atoms with E-state index >= 15 is 0 Å². The van der Waals surface area contributed by atoms with Gasteiger partial charge >= 0.3 is 5.69 Å². The standard InChI is InChI=1S/C10H12N6O/c1-2-15(5-3-4-11)8-6-9-13-14-10(17)16(9)7-12-8/h6-7H,2-3,5H2,1H3,(H,14,17). The van der Waals surface area contributed by atoms with E-state index < -0.39 is 0 Å². The van der Waals surface area contributed by atoms with Crippen LogP contribution in [-0.4, -0.2) is 32.7 Å². The lowest BCUT2D eigenvalue weighted by molar-refractivity contribution is 0.805. The highest BCUT2D eigenvalue weighted by Crippen LogP contribution is 2.11. The van der Waals surface area contributed by atoms with Crippen LogP contribution in [0, 0.1) is 11.3 Å². The molecule has 0 aliphatic rings. The molecule has 0 spiro atoms. The topological polar surface area (TPSA) is 90.1 Å². The Hall–Kier alpha value is -2.36. The fourth-order valence-corrected chi connectivity index (χ4v) is 1.59. The maximum atomic E-state index is 11.2. The zero-order valence-corrected chi connectivity index (χ0v) is 9.42. The van der Waals surface area contributed by atoms with E-state index in [1.165, 1.54) is 10.7 Å². The average molecular weight is 232 g/mol. The van der Waals surface area contributed by atoms with Gasteiger partial charge in [0.1, 0.15) is 12.1 Å². The first-order valence-corrected chi connectivity index (χ1v) is 5.31. The van der Waals surface area contributed by atoms with E-state index in [1.807, 2.05) is 11.8 Å². The number of aromatic amines is 1. The first-order chi connectivity index (χ1) is 8.26. The number of aromatic nitrogens is 4. The van der Waals surface area contributed by atoms with Crippen LogP contribution in [0.1, 0.15) is 13.3 Å². The summed E-state index contributed by atoms with van der Waals surface area (Å²) in [5.41, 5.74) is 0.217. The molecule has 0 saturated heterocycles. The summed E-state index contributed by atoms with van der Waals surface area (Å²) in [6, 6.07) is 3.82. The zero-order chi connectivity index (χ0) is 12.3. The number of fused-ring (bicyclic) bond motifs is 1. The van der Waals surface area contributed by atoms with E-state index in [0.29, 0.717) is 24.4 Å². The summed E-state index contributed by atoms with van der Waals surface area (Å²) >= 11 is 0. The Morgan fingerprint density at radius 2 is 2.47 bits per heavy atom. The van der Waals surface area contributed by atoms with Crippen LogP contribution in [0.15, 0.2) is 17.2 Å². The van der Waals surface area contributed by atoms with Crippen molar-refractivity contribution < 1.29 is 0 Å². The Kier molecular flexibility index (Phi) is 3.05. The van der Waals surface area contributed by atoms with Crippen LogP contribution in [0.5, 0.6) is 0 Å². The maximum absolute atomic E-state index is 11.2. The van der Waals surface area contributed by atoms with Crippen LogP contribution in [0.4, 0.5) is 5.82 Å². The van der Waals surface area contributed by atoms with Crippen LogP contribution >= 0.6 is 0 Å². The molecule has 0 amide bonds. The number of rotatable bonds is 4. The average Bonchev–Trinajstić information content (AvgIpc) is 2.72. The first kappa shape index (κ1) is 11.1. The van der Waals surface area contributed by atoms with Crippen molar-refractivity contribution in [3.63, 3.8) is 0 Å². The summed E-state index contributed by atoms with van der Waals surface area (Å²) in [6.07, 6.45) is 1.87. The second kappa shape index (κ2) is 4.65. The predicted molar refractivity (Wildman–Crippen MR) is 61.7 cm³/mol.